The van der Waals surface area contributed by atoms with Crippen molar-refractivity contribution in [2.24, 2.45) is 22.7 Å². The highest BCUT2D eigenvalue weighted by Crippen LogP contribution is 2.68. The Kier molecular flexibility index (Phi) is 6.77. The highest BCUT2D eigenvalue weighted by Gasteiger charge is 2.65. The van der Waals surface area contributed by atoms with E-state index in [9.17, 15) is 10.2 Å². The highest BCUT2D eigenvalue weighted by molar-refractivity contribution is 5.53. The number of hydrogen-bond acceptors (Lipinski definition) is 4. The first-order valence-electron chi connectivity index (χ1n) is 17.6. The van der Waals surface area contributed by atoms with E-state index in [0.29, 0.717) is 11.5 Å². The molecule has 2 N–H and O–H groups in total. The molecule has 0 spiro atoms. The first kappa shape index (κ1) is 30.6. The number of aromatic hydroxyl groups is 2. The molecule has 2 saturated carbocycles. The molecule has 0 radical (unpaired) electrons. The van der Waals surface area contributed by atoms with Gasteiger partial charge in [0.2, 0.25) is 0 Å². The molecule has 2 aromatic rings. The second kappa shape index (κ2) is 9.74. The average molecular weight is 601 g/mol. The van der Waals surface area contributed by atoms with Crippen LogP contribution in [-0.2, 0) is 20.3 Å². The van der Waals surface area contributed by atoms with Gasteiger partial charge in [-0.25, -0.2) is 0 Å². The minimum Gasteiger partial charge on any atom is -0.508 e. The van der Waals surface area contributed by atoms with Crippen molar-refractivity contribution in [1.29, 1.82) is 0 Å². The van der Waals surface area contributed by atoms with Crippen molar-refractivity contribution in [1.82, 2.24) is 0 Å². The first-order valence-corrected chi connectivity index (χ1v) is 17.6. The molecule has 240 valence electrons. The molecule has 44 heavy (non-hydrogen) atoms. The third kappa shape index (κ3) is 4.08. The van der Waals surface area contributed by atoms with Crippen molar-refractivity contribution >= 4 is 0 Å². The van der Waals surface area contributed by atoms with E-state index in [4.69, 9.17) is 9.47 Å². The van der Waals surface area contributed by atoms with E-state index in [1.807, 2.05) is 0 Å². The van der Waals surface area contributed by atoms with Crippen LogP contribution in [0.5, 0.6) is 11.5 Å². The van der Waals surface area contributed by atoms with Gasteiger partial charge in [-0.05, 0) is 117 Å². The zero-order valence-electron chi connectivity index (χ0n) is 28.9. The quantitative estimate of drug-likeness (QED) is 0.360. The van der Waals surface area contributed by atoms with Crippen molar-refractivity contribution in [3.05, 3.63) is 57.6 Å². The Morgan fingerprint density at radius 2 is 0.955 bits per heavy atom. The van der Waals surface area contributed by atoms with Gasteiger partial charge in [-0.2, -0.15) is 0 Å². The van der Waals surface area contributed by atoms with Crippen molar-refractivity contribution < 1.29 is 19.7 Å². The van der Waals surface area contributed by atoms with Crippen LogP contribution in [-0.4, -0.2) is 22.4 Å². The van der Waals surface area contributed by atoms with Gasteiger partial charge in [-0.1, -0.05) is 82.1 Å². The van der Waals surface area contributed by atoms with Crippen molar-refractivity contribution in [3.63, 3.8) is 0 Å². The van der Waals surface area contributed by atoms with E-state index in [-0.39, 0.29) is 69.7 Å². The largest absolute Gasteiger partial charge is 0.508 e. The lowest BCUT2D eigenvalue weighted by Crippen LogP contribution is -2.64. The third-order valence-electron chi connectivity index (χ3n) is 13.4. The van der Waals surface area contributed by atoms with Gasteiger partial charge in [0.25, 0.3) is 0 Å². The number of phenols is 2. The van der Waals surface area contributed by atoms with Gasteiger partial charge in [0, 0.05) is 11.8 Å². The lowest BCUT2D eigenvalue weighted by Gasteiger charge is -2.65. The summed E-state index contributed by atoms with van der Waals surface area (Å²) in [6.45, 7) is 23.3. The van der Waals surface area contributed by atoms with Crippen LogP contribution in [0.1, 0.15) is 165 Å². The van der Waals surface area contributed by atoms with Gasteiger partial charge < -0.3 is 19.7 Å². The summed E-state index contributed by atoms with van der Waals surface area (Å²) in [6, 6.07) is 8.76. The van der Waals surface area contributed by atoms with E-state index < -0.39 is 0 Å². The monoisotopic (exact) mass is 600 g/mol. The molecule has 0 amide bonds. The number of fused-ring (bicyclic) bond motifs is 12. The maximum atomic E-state index is 11.3. The number of ether oxygens (including phenoxy) is 2. The predicted octanol–water partition coefficient (Wildman–Crippen LogP) is 10.1. The summed E-state index contributed by atoms with van der Waals surface area (Å²) in [5.74, 6) is 1.78. The molecule has 4 nitrogen and oxygen atoms in total. The van der Waals surface area contributed by atoms with Gasteiger partial charge in [0.05, 0.1) is 12.2 Å². The summed E-state index contributed by atoms with van der Waals surface area (Å²) in [7, 11) is 0. The van der Waals surface area contributed by atoms with Gasteiger partial charge in [0.15, 0.2) is 0 Å². The molecule has 0 bridgehead atoms. The van der Waals surface area contributed by atoms with Gasteiger partial charge in [-0.15, -0.1) is 0 Å². The standard InChI is InChI=1S/C40H56O4/c1-21(2)23-17-25-27(19-29(23)41)39(9)15-11-13-37(5,6)35(39)33-31(25)43-34-32(44-33)26-18-24(22(3)4)30(42)20-28(26)40(10)16-12-14-38(7,8)36(34)40/h17-22,31-36,41-42H,11-16H2,1-10H3/t31-,32+,33+,34-,35-,36-,39-,40-/m1/s1. The molecule has 0 aromatic heterocycles. The molecule has 8 atom stereocenters. The van der Waals surface area contributed by atoms with Crippen molar-refractivity contribution in [3.8, 4) is 11.5 Å². The van der Waals surface area contributed by atoms with Crippen LogP contribution in [0, 0.1) is 22.7 Å². The van der Waals surface area contributed by atoms with E-state index in [0.717, 1.165) is 36.8 Å². The summed E-state index contributed by atoms with van der Waals surface area (Å²) in [5, 5.41) is 22.6. The molecule has 1 aliphatic heterocycles. The molecule has 1 saturated heterocycles. The minimum absolute atomic E-state index is 0.0598. The summed E-state index contributed by atoms with van der Waals surface area (Å²) >= 11 is 0. The number of hydrogen-bond donors (Lipinski definition) is 2. The minimum atomic E-state index is -0.176. The fraction of sp³-hybridized carbons (Fsp3) is 0.700. The van der Waals surface area contributed by atoms with Gasteiger partial charge in [-0.3, -0.25) is 0 Å². The molecule has 0 unspecified atom stereocenters. The Balaban J connectivity index is 1.47. The lowest BCUT2D eigenvalue weighted by molar-refractivity contribution is -0.296. The molecular weight excluding hydrogens is 544 g/mol. The normalized spacial score (nSPS) is 38.2. The van der Waals surface area contributed by atoms with E-state index in [1.54, 1.807) is 0 Å². The van der Waals surface area contributed by atoms with E-state index >= 15 is 0 Å². The second-order valence-corrected chi connectivity index (χ2v) is 17.8. The Morgan fingerprint density at radius 1 is 0.591 bits per heavy atom. The summed E-state index contributed by atoms with van der Waals surface area (Å²) in [6.07, 6.45) is 6.31. The Hall–Kier alpha value is -2.04. The van der Waals surface area contributed by atoms with Crippen LogP contribution in [0.4, 0.5) is 0 Å². The first-order chi connectivity index (χ1) is 20.5. The highest BCUT2D eigenvalue weighted by atomic mass is 16.6. The van der Waals surface area contributed by atoms with Crippen molar-refractivity contribution in [2.45, 2.75) is 155 Å². The second-order valence-electron chi connectivity index (χ2n) is 17.8. The van der Waals surface area contributed by atoms with Gasteiger partial charge >= 0.3 is 0 Å². The lowest BCUT2D eigenvalue weighted by atomic mass is 9.47. The molecule has 1 heterocycles. The number of benzene rings is 2. The SMILES string of the molecule is CC(C)c1cc2c(cc1O)[C@@]1(C)CCCC(C)(C)[C@H]1[C@H]1O[C@H]3c4cc(C(C)C)c(O)cc4[C@@]4(C)CCCC(C)(C)[C@H]4[C@@H]3O[C@H]21. The Bertz CT molecular complexity index is 1370. The Labute approximate surface area is 265 Å². The van der Waals surface area contributed by atoms with Crippen LogP contribution in [0.3, 0.4) is 0 Å². The summed E-state index contributed by atoms with van der Waals surface area (Å²) in [4.78, 5) is 0. The molecule has 3 fully saturated rings. The smallest absolute Gasteiger partial charge is 0.119 e. The summed E-state index contributed by atoms with van der Waals surface area (Å²) < 4.78 is 15.3. The zero-order chi connectivity index (χ0) is 31.7. The molecular formula is C40H56O4. The number of rotatable bonds is 2. The Morgan fingerprint density at radius 3 is 1.30 bits per heavy atom. The molecule has 2 aromatic carbocycles. The maximum absolute atomic E-state index is 11.3. The molecule has 4 aliphatic carbocycles. The van der Waals surface area contributed by atoms with E-state index in [1.165, 1.54) is 35.1 Å². The van der Waals surface area contributed by atoms with Crippen LogP contribution >= 0.6 is 0 Å². The fourth-order valence-electron chi connectivity index (χ4n) is 11.7. The maximum Gasteiger partial charge on any atom is 0.119 e. The topological polar surface area (TPSA) is 58.9 Å². The van der Waals surface area contributed by atoms with Crippen LogP contribution in [0.2, 0.25) is 0 Å². The summed E-state index contributed by atoms with van der Waals surface area (Å²) in [5.41, 5.74) is 6.91. The zero-order valence-corrected chi connectivity index (χ0v) is 28.9. The molecule has 4 heteroatoms. The van der Waals surface area contributed by atoms with Crippen molar-refractivity contribution in [2.75, 3.05) is 0 Å². The predicted molar refractivity (Wildman–Crippen MR) is 177 cm³/mol. The fourth-order valence-corrected chi connectivity index (χ4v) is 11.7. The third-order valence-corrected chi connectivity index (χ3v) is 13.4. The van der Waals surface area contributed by atoms with Crippen LogP contribution in [0.15, 0.2) is 24.3 Å². The molecule has 7 rings (SSSR count). The number of phenolic OH excluding ortho intramolecular Hbond substituents is 2. The molecule has 5 aliphatic rings. The van der Waals surface area contributed by atoms with E-state index in [2.05, 4.69) is 93.5 Å². The van der Waals surface area contributed by atoms with Crippen LogP contribution in [0.25, 0.3) is 0 Å². The van der Waals surface area contributed by atoms with Crippen LogP contribution < -0.4 is 0 Å². The van der Waals surface area contributed by atoms with Gasteiger partial charge in [0.1, 0.15) is 23.7 Å². The average Bonchev–Trinajstić information content (AvgIpc) is 2.91.